The van der Waals surface area contributed by atoms with E-state index >= 15 is 0 Å². The van der Waals surface area contributed by atoms with Gasteiger partial charge in [0.25, 0.3) is 0 Å². The summed E-state index contributed by atoms with van der Waals surface area (Å²) in [7, 11) is -7.65. The van der Waals surface area contributed by atoms with Gasteiger partial charge in [-0.05, 0) is 17.7 Å². The van der Waals surface area contributed by atoms with Gasteiger partial charge in [-0.25, -0.2) is 16.8 Å². The maximum atomic E-state index is 11.9. The minimum Gasteiger partial charge on any atom is -0.398 e. The lowest BCUT2D eigenvalue weighted by Crippen LogP contribution is -2.17. The molecule has 106 valence electrons. The Kier molecular flexibility index (Phi) is 4.75. The van der Waals surface area contributed by atoms with Gasteiger partial charge in [-0.15, -0.1) is 0 Å². The average molecular weight is 303 g/mol. The summed E-state index contributed by atoms with van der Waals surface area (Å²) in [5.41, 5.74) is 6.42. The lowest BCUT2D eigenvalue weighted by atomic mass is 10.2. The fraction of sp³-hybridized carbons (Fsp3) is 0.333. The zero-order chi connectivity index (χ0) is 14.7. The van der Waals surface area contributed by atoms with Crippen molar-refractivity contribution in [2.24, 2.45) is 0 Å². The zero-order valence-corrected chi connectivity index (χ0v) is 12.5. The number of sulfone groups is 2. The van der Waals surface area contributed by atoms with Crippen LogP contribution in [0.3, 0.4) is 0 Å². The molecule has 0 saturated heterocycles. The highest BCUT2D eigenvalue weighted by molar-refractivity contribution is 8.14. The molecule has 19 heavy (non-hydrogen) atoms. The smallest absolute Gasteiger partial charge is 0.189 e. The normalized spacial score (nSPS) is 12.1. The molecular weight excluding hydrogens is 286 g/mol. The van der Waals surface area contributed by atoms with Gasteiger partial charge in [0.1, 0.15) is 0 Å². The molecule has 0 fully saturated rings. The molecule has 0 bridgehead atoms. The Hall–Kier alpha value is -1.34. The van der Waals surface area contributed by atoms with Crippen molar-refractivity contribution in [2.75, 3.05) is 17.2 Å². The van der Waals surface area contributed by atoms with Crippen molar-refractivity contribution in [2.45, 2.75) is 13.8 Å². The summed E-state index contributed by atoms with van der Waals surface area (Å²) in [5.74, 6) is -0.546. The molecule has 0 aromatic heterocycles. The highest BCUT2D eigenvalue weighted by atomic mass is 32.3. The Bertz CT molecular complexity index is 652. The quantitative estimate of drug-likeness (QED) is 0.830. The van der Waals surface area contributed by atoms with E-state index in [2.05, 4.69) is 0 Å². The molecule has 0 aliphatic rings. The average Bonchev–Trinajstić information content (AvgIpc) is 2.37. The van der Waals surface area contributed by atoms with E-state index in [1.165, 1.54) is 13.8 Å². The Morgan fingerprint density at radius 1 is 1.05 bits per heavy atom. The van der Waals surface area contributed by atoms with E-state index in [0.717, 1.165) is 6.08 Å². The van der Waals surface area contributed by atoms with Gasteiger partial charge in [0, 0.05) is 5.69 Å². The molecule has 0 aliphatic heterocycles. The molecule has 1 rings (SSSR count). The van der Waals surface area contributed by atoms with Gasteiger partial charge < -0.3 is 5.73 Å². The van der Waals surface area contributed by atoms with Crippen molar-refractivity contribution in [3.63, 3.8) is 0 Å². The molecule has 0 aliphatic carbocycles. The van der Waals surface area contributed by atoms with Crippen LogP contribution < -0.4 is 5.73 Å². The van der Waals surface area contributed by atoms with E-state index in [-0.39, 0.29) is 11.5 Å². The second kappa shape index (κ2) is 5.75. The predicted octanol–water partition coefficient (Wildman–Crippen LogP) is 1.44. The van der Waals surface area contributed by atoms with Crippen LogP contribution in [-0.4, -0.2) is 28.3 Å². The fourth-order valence-corrected chi connectivity index (χ4v) is 4.86. The summed E-state index contributed by atoms with van der Waals surface area (Å²) >= 11 is 0. The number of hydrogen-bond donors (Lipinski definition) is 1. The van der Waals surface area contributed by atoms with E-state index < -0.39 is 23.9 Å². The van der Waals surface area contributed by atoms with Crippen molar-refractivity contribution in [1.29, 1.82) is 0 Å². The molecule has 5 nitrogen and oxygen atoms in total. The minimum atomic E-state index is -3.83. The van der Waals surface area contributed by atoms with Crippen molar-refractivity contribution in [3.05, 3.63) is 34.1 Å². The number of nitrogens with two attached hydrogens (primary N) is 1. The maximum absolute atomic E-state index is 11.9. The van der Waals surface area contributed by atoms with Crippen LogP contribution in [-0.2, 0) is 19.7 Å². The SMILES string of the molecule is CCS(=O)(=O)C(=Cc1ccccc1N)S(=O)(=O)CC. The molecule has 0 amide bonds. The zero-order valence-electron chi connectivity index (χ0n) is 10.8. The molecule has 1 aromatic carbocycles. The standard InChI is InChI=1S/C12H17NO4S2/c1-3-18(14,15)12(19(16,17)4-2)9-10-7-5-6-8-11(10)13/h5-9H,3-4,13H2,1-2H3. The molecule has 2 N–H and O–H groups in total. The van der Waals surface area contributed by atoms with Gasteiger partial charge in [-0.2, -0.15) is 0 Å². The van der Waals surface area contributed by atoms with Crippen molar-refractivity contribution in [3.8, 4) is 0 Å². The largest absolute Gasteiger partial charge is 0.398 e. The molecule has 0 atom stereocenters. The topological polar surface area (TPSA) is 94.3 Å². The summed E-state index contributed by atoms with van der Waals surface area (Å²) in [6.07, 6.45) is 1.13. The predicted molar refractivity (Wildman–Crippen MR) is 77.8 cm³/mol. The van der Waals surface area contributed by atoms with E-state index in [1.54, 1.807) is 24.3 Å². The Balaban J connectivity index is 3.56. The van der Waals surface area contributed by atoms with Crippen molar-refractivity contribution >= 4 is 31.4 Å². The first-order valence-corrected chi connectivity index (χ1v) is 9.06. The van der Waals surface area contributed by atoms with Crippen LogP contribution in [0.25, 0.3) is 6.08 Å². The monoisotopic (exact) mass is 303 g/mol. The number of hydrogen-bond acceptors (Lipinski definition) is 5. The number of benzene rings is 1. The molecule has 7 heteroatoms. The second-order valence-corrected chi connectivity index (χ2v) is 8.65. The molecule has 1 aromatic rings. The number of rotatable bonds is 5. The highest BCUT2D eigenvalue weighted by Crippen LogP contribution is 2.23. The Labute approximate surface area is 114 Å². The second-order valence-electron chi connectivity index (χ2n) is 3.90. The number of anilines is 1. The molecular formula is C12H17NO4S2. The third kappa shape index (κ3) is 3.57. The third-order valence-electron chi connectivity index (χ3n) is 2.64. The van der Waals surface area contributed by atoms with E-state index in [0.29, 0.717) is 11.3 Å². The summed E-state index contributed by atoms with van der Waals surface area (Å²) in [6, 6.07) is 6.51. The van der Waals surface area contributed by atoms with Crippen LogP contribution in [0.4, 0.5) is 5.69 Å². The minimum absolute atomic E-state index is 0.273. The van der Waals surface area contributed by atoms with E-state index in [9.17, 15) is 16.8 Å². The van der Waals surface area contributed by atoms with Crippen LogP contribution in [0.1, 0.15) is 19.4 Å². The van der Waals surface area contributed by atoms with Gasteiger partial charge in [-0.3, -0.25) is 0 Å². The van der Waals surface area contributed by atoms with Gasteiger partial charge >= 0.3 is 0 Å². The fourth-order valence-electron chi connectivity index (χ4n) is 1.43. The summed E-state index contributed by atoms with van der Waals surface area (Å²) in [4.78, 5) is 0. The van der Waals surface area contributed by atoms with Crippen LogP contribution in [0, 0.1) is 0 Å². The molecule has 0 saturated carbocycles. The van der Waals surface area contributed by atoms with Crippen LogP contribution >= 0.6 is 0 Å². The Morgan fingerprint density at radius 3 is 1.95 bits per heavy atom. The summed E-state index contributed by atoms with van der Waals surface area (Å²) in [5, 5.41) is 0. The lowest BCUT2D eigenvalue weighted by Gasteiger charge is -2.08. The van der Waals surface area contributed by atoms with Gasteiger partial charge in [-0.1, -0.05) is 32.0 Å². The van der Waals surface area contributed by atoms with Gasteiger partial charge in [0.05, 0.1) is 11.5 Å². The molecule has 0 radical (unpaired) electrons. The molecule has 0 spiro atoms. The van der Waals surface area contributed by atoms with Gasteiger partial charge in [0.2, 0.25) is 0 Å². The van der Waals surface area contributed by atoms with Crippen LogP contribution in [0.5, 0.6) is 0 Å². The lowest BCUT2D eigenvalue weighted by molar-refractivity contribution is 0.596. The van der Waals surface area contributed by atoms with Crippen molar-refractivity contribution < 1.29 is 16.8 Å². The molecule has 0 unspecified atom stereocenters. The van der Waals surface area contributed by atoms with Crippen molar-refractivity contribution in [1.82, 2.24) is 0 Å². The van der Waals surface area contributed by atoms with E-state index in [1.807, 2.05) is 0 Å². The Morgan fingerprint density at radius 2 is 1.53 bits per heavy atom. The van der Waals surface area contributed by atoms with E-state index in [4.69, 9.17) is 5.73 Å². The first-order valence-electron chi connectivity index (χ1n) is 5.76. The summed E-state index contributed by atoms with van der Waals surface area (Å²) in [6.45, 7) is 2.81. The first kappa shape index (κ1) is 15.7. The maximum Gasteiger partial charge on any atom is 0.189 e. The molecule has 0 heterocycles. The number of nitrogen functional groups attached to an aromatic ring is 1. The van der Waals surface area contributed by atoms with Crippen LogP contribution in [0.2, 0.25) is 0 Å². The van der Waals surface area contributed by atoms with Crippen LogP contribution in [0.15, 0.2) is 28.5 Å². The summed E-state index contributed by atoms with van der Waals surface area (Å²) < 4.78 is 47.2. The highest BCUT2D eigenvalue weighted by Gasteiger charge is 2.27. The van der Waals surface area contributed by atoms with Gasteiger partial charge in [0.15, 0.2) is 23.9 Å². The third-order valence-corrected chi connectivity index (χ3v) is 7.15. The first-order chi connectivity index (χ1) is 8.74. The number of para-hydroxylation sites is 1.